The second-order valence-electron chi connectivity index (χ2n) is 5.24. The highest BCUT2D eigenvalue weighted by Crippen LogP contribution is 2.18. The van der Waals surface area contributed by atoms with Gasteiger partial charge < -0.3 is 10.0 Å². The van der Waals surface area contributed by atoms with Crippen LogP contribution < -0.4 is 0 Å². The molecule has 1 saturated heterocycles. The van der Waals surface area contributed by atoms with Crippen LogP contribution in [0.25, 0.3) is 0 Å². The molecule has 0 bridgehead atoms. The van der Waals surface area contributed by atoms with E-state index in [2.05, 4.69) is 0 Å². The maximum Gasteiger partial charge on any atom is 0.222 e. The molecule has 0 aromatic heterocycles. The molecule has 0 spiro atoms. The van der Waals surface area contributed by atoms with E-state index in [0.717, 1.165) is 6.42 Å². The van der Waals surface area contributed by atoms with E-state index in [0.29, 0.717) is 23.6 Å². The van der Waals surface area contributed by atoms with E-state index >= 15 is 0 Å². The first-order valence-corrected chi connectivity index (χ1v) is 8.97. The molecule has 1 amide bonds. The van der Waals surface area contributed by atoms with Gasteiger partial charge in [-0.3, -0.25) is 4.79 Å². The van der Waals surface area contributed by atoms with Crippen LogP contribution in [0, 0.1) is 0 Å². The Morgan fingerprint density at radius 3 is 2.67 bits per heavy atom. The zero-order valence-electron chi connectivity index (χ0n) is 11.5. The Hall–Kier alpha value is -1.11. The lowest BCUT2D eigenvalue weighted by Crippen LogP contribution is -2.37. The lowest BCUT2D eigenvalue weighted by molar-refractivity contribution is -0.128. The number of sulfone groups is 1. The van der Waals surface area contributed by atoms with E-state index in [-0.39, 0.29) is 24.0 Å². The number of hydrogen-bond donors (Lipinski definition) is 1. The second-order valence-corrected chi connectivity index (χ2v) is 7.76. The number of benzene rings is 1. The zero-order valence-corrected chi connectivity index (χ0v) is 13.1. The van der Waals surface area contributed by atoms with Gasteiger partial charge in [-0.2, -0.15) is 0 Å². The Balaban J connectivity index is 1.94. The molecule has 7 heteroatoms. The first-order valence-electron chi connectivity index (χ1n) is 6.77. The van der Waals surface area contributed by atoms with Crippen LogP contribution in [0.2, 0.25) is 5.02 Å². The van der Waals surface area contributed by atoms with Crippen molar-refractivity contribution in [3.8, 4) is 0 Å². The van der Waals surface area contributed by atoms with E-state index in [9.17, 15) is 18.3 Å². The molecule has 1 N–H and O–H groups in total. The molecule has 0 aliphatic carbocycles. The minimum atomic E-state index is -3.49. The smallest absolute Gasteiger partial charge is 0.222 e. The predicted molar refractivity (Wildman–Crippen MR) is 80.8 cm³/mol. The van der Waals surface area contributed by atoms with E-state index < -0.39 is 15.9 Å². The fourth-order valence-electron chi connectivity index (χ4n) is 2.41. The van der Waals surface area contributed by atoms with Crippen LogP contribution in [-0.4, -0.2) is 49.3 Å². The van der Waals surface area contributed by atoms with Crippen molar-refractivity contribution in [2.75, 3.05) is 18.8 Å². The molecule has 1 aromatic rings. The summed E-state index contributed by atoms with van der Waals surface area (Å²) >= 11 is 5.94. The molecule has 0 radical (unpaired) electrons. The number of hydrogen-bond acceptors (Lipinski definition) is 4. The molecule has 1 atom stereocenters. The largest absolute Gasteiger partial charge is 0.390 e. The molecule has 21 heavy (non-hydrogen) atoms. The number of carbonyl (C=O) groups is 1. The summed E-state index contributed by atoms with van der Waals surface area (Å²) in [6.07, 6.45) is 0.163. The highest BCUT2D eigenvalue weighted by atomic mass is 35.5. The third-order valence-electron chi connectivity index (χ3n) is 3.38. The zero-order chi connectivity index (χ0) is 15.5. The van der Waals surface area contributed by atoms with Crippen molar-refractivity contribution >= 4 is 27.3 Å². The number of nitrogens with zero attached hydrogens (tertiary/aromatic N) is 1. The molecule has 1 aliphatic rings. The number of carbonyl (C=O) groups excluding carboxylic acids is 1. The summed E-state index contributed by atoms with van der Waals surface area (Å²) in [6, 6.07) is 6.73. The van der Waals surface area contributed by atoms with Crippen molar-refractivity contribution in [2.24, 2.45) is 0 Å². The molecular weight excluding hydrogens is 314 g/mol. The molecule has 2 rings (SSSR count). The maximum absolute atomic E-state index is 12.1. The van der Waals surface area contributed by atoms with Crippen LogP contribution in [0.15, 0.2) is 24.3 Å². The molecule has 0 unspecified atom stereocenters. The average molecular weight is 332 g/mol. The number of rotatable bonds is 6. The summed E-state index contributed by atoms with van der Waals surface area (Å²) in [5.74, 6) is -0.614. The van der Waals surface area contributed by atoms with Gasteiger partial charge in [0.2, 0.25) is 5.91 Å². The van der Waals surface area contributed by atoms with Crippen molar-refractivity contribution in [1.82, 2.24) is 4.90 Å². The van der Waals surface area contributed by atoms with Gasteiger partial charge in [0.1, 0.15) is 0 Å². The summed E-state index contributed by atoms with van der Waals surface area (Å²) in [7, 11) is -3.49. The van der Waals surface area contributed by atoms with Gasteiger partial charge in [-0.25, -0.2) is 8.42 Å². The van der Waals surface area contributed by atoms with Crippen molar-refractivity contribution in [3.63, 3.8) is 0 Å². The third-order valence-corrected chi connectivity index (χ3v) is 5.39. The van der Waals surface area contributed by atoms with Gasteiger partial charge >= 0.3 is 0 Å². The molecule has 0 saturated carbocycles. The van der Waals surface area contributed by atoms with Gasteiger partial charge in [-0.05, 0) is 18.1 Å². The summed E-state index contributed by atoms with van der Waals surface area (Å²) in [4.78, 5) is 13.0. The van der Waals surface area contributed by atoms with Crippen LogP contribution in [0.1, 0.15) is 18.4 Å². The topological polar surface area (TPSA) is 74.7 Å². The summed E-state index contributed by atoms with van der Waals surface area (Å²) in [6.45, 7) is 0.654. The van der Waals surface area contributed by atoms with Gasteiger partial charge in [-0.1, -0.05) is 29.8 Å². The van der Waals surface area contributed by atoms with E-state index in [1.54, 1.807) is 24.3 Å². The quantitative estimate of drug-likeness (QED) is 0.851. The van der Waals surface area contributed by atoms with Crippen molar-refractivity contribution < 1.29 is 18.3 Å². The van der Waals surface area contributed by atoms with Crippen LogP contribution in [0.4, 0.5) is 0 Å². The first-order chi connectivity index (χ1) is 9.87. The highest BCUT2D eigenvalue weighted by Gasteiger charge is 2.25. The monoisotopic (exact) mass is 331 g/mol. The molecule has 1 aromatic carbocycles. The van der Waals surface area contributed by atoms with Crippen LogP contribution in [-0.2, 0) is 20.4 Å². The standard InChI is InChI=1S/C14H18ClNO4S/c15-13-5-2-1-4-11(13)9-21(19,20)10-12(17)8-16-7-3-6-14(16)18/h1-2,4-5,12,17H,3,6-10H2/t12-/m0/s1. The van der Waals surface area contributed by atoms with E-state index in [1.807, 2.05) is 0 Å². The van der Waals surface area contributed by atoms with Crippen LogP contribution in [0.3, 0.4) is 0 Å². The lowest BCUT2D eigenvalue weighted by Gasteiger charge is -2.19. The number of amides is 1. The Labute approximate surface area is 129 Å². The molecule has 1 aliphatic heterocycles. The molecular formula is C14H18ClNO4S. The van der Waals surface area contributed by atoms with Crippen LogP contribution >= 0.6 is 11.6 Å². The number of β-amino-alcohol motifs (C(OH)–C–C–N with tert-alkyl or cyclic N) is 1. The van der Waals surface area contributed by atoms with Gasteiger partial charge in [0.25, 0.3) is 0 Å². The van der Waals surface area contributed by atoms with Gasteiger partial charge in [-0.15, -0.1) is 0 Å². The maximum atomic E-state index is 12.1. The number of likely N-dealkylation sites (tertiary alicyclic amines) is 1. The molecule has 1 fully saturated rings. The highest BCUT2D eigenvalue weighted by molar-refractivity contribution is 7.90. The first kappa shape index (κ1) is 16.3. The average Bonchev–Trinajstić information content (AvgIpc) is 2.77. The van der Waals surface area contributed by atoms with Crippen molar-refractivity contribution in [1.29, 1.82) is 0 Å². The van der Waals surface area contributed by atoms with E-state index in [4.69, 9.17) is 11.6 Å². The Morgan fingerprint density at radius 1 is 1.33 bits per heavy atom. The van der Waals surface area contributed by atoms with E-state index in [1.165, 1.54) is 4.90 Å². The third kappa shape index (κ3) is 4.69. The lowest BCUT2D eigenvalue weighted by atomic mass is 10.2. The molecule has 5 nitrogen and oxygen atoms in total. The second kappa shape index (κ2) is 6.77. The summed E-state index contributed by atoms with van der Waals surface area (Å²) < 4.78 is 24.2. The molecule has 1 heterocycles. The Kier molecular flexibility index (Phi) is 5.24. The fraction of sp³-hybridized carbons (Fsp3) is 0.500. The minimum Gasteiger partial charge on any atom is -0.390 e. The predicted octanol–water partition coefficient (Wildman–Crippen LogP) is 1.24. The number of aliphatic hydroxyl groups excluding tert-OH is 1. The SMILES string of the molecule is O=C1CCCN1C[C@H](O)CS(=O)(=O)Cc1ccccc1Cl. The van der Waals surface area contributed by atoms with Crippen molar-refractivity contribution in [2.45, 2.75) is 24.7 Å². The summed E-state index contributed by atoms with van der Waals surface area (Å²) in [5, 5.41) is 10.3. The Morgan fingerprint density at radius 2 is 2.05 bits per heavy atom. The molecule has 116 valence electrons. The number of aliphatic hydroxyl groups is 1. The fourth-order valence-corrected chi connectivity index (χ4v) is 4.23. The summed E-state index contributed by atoms with van der Waals surface area (Å²) in [5.41, 5.74) is 0.517. The van der Waals surface area contributed by atoms with Crippen molar-refractivity contribution in [3.05, 3.63) is 34.9 Å². The van der Waals surface area contributed by atoms with Gasteiger partial charge in [0.05, 0.1) is 17.6 Å². The van der Waals surface area contributed by atoms with Crippen LogP contribution in [0.5, 0.6) is 0 Å². The van der Waals surface area contributed by atoms with Gasteiger partial charge in [0.15, 0.2) is 9.84 Å². The number of halogens is 1. The van der Waals surface area contributed by atoms with Gasteiger partial charge in [0, 0.05) is 24.5 Å². The Bertz CT molecular complexity index is 617. The normalized spacial score (nSPS) is 17.2. The minimum absolute atomic E-state index is 0.0300.